The van der Waals surface area contributed by atoms with Gasteiger partial charge in [0.15, 0.2) is 6.10 Å². The van der Waals surface area contributed by atoms with Gasteiger partial charge in [0.2, 0.25) is 0 Å². The van der Waals surface area contributed by atoms with Gasteiger partial charge in [-0.05, 0) is 44.4 Å². The Balaban J connectivity index is 1.56. The fraction of sp³-hybridized carbons (Fsp3) is 0.522. The first kappa shape index (κ1) is 24.4. The smallest absolute Gasteiger partial charge is 0.338 e. The molecule has 1 aromatic carbocycles. The van der Waals surface area contributed by atoms with Crippen LogP contribution in [-0.4, -0.2) is 67.0 Å². The third kappa shape index (κ3) is 5.95. The number of carbonyl (C=O) groups excluding carboxylic acids is 5. The molecule has 10 nitrogen and oxygen atoms in total. The average molecular weight is 459 g/mol. The van der Waals surface area contributed by atoms with Crippen LogP contribution in [0.25, 0.3) is 0 Å². The van der Waals surface area contributed by atoms with Crippen molar-refractivity contribution in [1.29, 1.82) is 0 Å². The van der Waals surface area contributed by atoms with Crippen molar-refractivity contribution in [3.8, 4) is 0 Å². The number of nitrogens with zero attached hydrogens (tertiary/aromatic N) is 1. The number of rotatable bonds is 8. The van der Waals surface area contributed by atoms with E-state index in [4.69, 9.17) is 9.47 Å². The zero-order valence-corrected chi connectivity index (χ0v) is 18.8. The average Bonchev–Trinajstić information content (AvgIpc) is 3.04. The van der Waals surface area contributed by atoms with Crippen LogP contribution in [0.15, 0.2) is 18.2 Å². The minimum atomic E-state index is -1.23. The summed E-state index contributed by atoms with van der Waals surface area (Å²) in [7, 11) is 1.53. The van der Waals surface area contributed by atoms with Crippen molar-refractivity contribution in [3.05, 3.63) is 34.9 Å². The van der Waals surface area contributed by atoms with E-state index in [9.17, 15) is 24.0 Å². The molecule has 1 fully saturated rings. The first-order chi connectivity index (χ1) is 15.8. The molecule has 0 aromatic heterocycles. The summed E-state index contributed by atoms with van der Waals surface area (Å²) in [5.74, 6) is -2.52. The monoisotopic (exact) mass is 459 g/mol. The molecule has 178 valence electrons. The molecule has 10 heteroatoms. The lowest BCUT2D eigenvalue weighted by Gasteiger charge is -2.23. The van der Waals surface area contributed by atoms with Crippen molar-refractivity contribution in [2.75, 3.05) is 20.3 Å². The molecule has 1 atom stereocenters. The van der Waals surface area contributed by atoms with E-state index in [1.807, 2.05) is 0 Å². The number of nitrogens with one attached hydrogen (secondary N) is 2. The predicted molar refractivity (Wildman–Crippen MR) is 117 cm³/mol. The van der Waals surface area contributed by atoms with Crippen LogP contribution in [0, 0.1) is 0 Å². The molecule has 0 saturated heterocycles. The summed E-state index contributed by atoms with van der Waals surface area (Å²) >= 11 is 0. The van der Waals surface area contributed by atoms with Crippen LogP contribution in [0.3, 0.4) is 0 Å². The molecule has 0 bridgehead atoms. The first-order valence-corrected chi connectivity index (χ1v) is 11.1. The zero-order chi connectivity index (χ0) is 24.0. The number of ether oxygens (including phenoxy) is 2. The largest absolute Gasteiger partial charge is 0.449 e. The van der Waals surface area contributed by atoms with Crippen molar-refractivity contribution in [1.82, 2.24) is 15.5 Å². The molecule has 1 aliphatic heterocycles. The minimum absolute atomic E-state index is 0.0277. The van der Waals surface area contributed by atoms with Gasteiger partial charge in [-0.15, -0.1) is 0 Å². The molecule has 1 saturated carbocycles. The van der Waals surface area contributed by atoms with Gasteiger partial charge in [0.1, 0.15) is 0 Å². The third-order valence-electron chi connectivity index (χ3n) is 5.77. The van der Waals surface area contributed by atoms with Crippen molar-refractivity contribution >= 4 is 29.7 Å². The van der Waals surface area contributed by atoms with E-state index in [0.29, 0.717) is 13.0 Å². The van der Waals surface area contributed by atoms with Gasteiger partial charge in [0, 0.05) is 26.3 Å². The summed E-state index contributed by atoms with van der Waals surface area (Å²) in [6, 6.07) is 3.46. The van der Waals surface area contributed by atoms with Gasteiger partial charge in [0.25, 0.3) is 17.7 Å². The lowest BCUT2D eigenvalue weighted by atomic mass is 9.96. The molecule has 5 amide bonds. The van der Waals surface area contributed by atoms with Gasteiger partial charge in [-0.25, -0.2) is 9.59 Å². The number of imide groups is 2. The van der Waals surface area contributed by atoms with E-state index in [1.54, 1.807) is 0 Å². The molecular weight excluding hydrogens is 430 g/mol. The lowest BCUT2D eigenvalue weighted by molar-refractivity contribution is -0.127. The van der Waals surface area contributed by atoms with Crippen LogP contribution in [0.4, 0.5) is 4.79 Å². The van der Waals surface area contributed by atoms with E-state index in [2.05, 4.69) is 10.6 Å². The van der Waals surface area contributed by atoms with E-state index >= 15 is 0 Å². The Morgan fingerprint density at radius 3 is 2.48 bits per heavy atom. The van der Waals surface area contributed by atoms with Gasteiger partial charge in [-0.1, -0.05) is 19.3 Å². The van der Waals surface area contributed by atoms with Crippen LogP contribution in [0.2, 0.25) is 0 Å². The third-order valence-corrected chi connectivity index (χ3v) is 5.77. The van der Waals surface area contributed by atoms with E-state index in [-0.39, 0.29) is 29.3 Å². The summed E-state index contributed by atoms with van der Waals surface area (Å²) in [6.45, 7) is 1.96. The van der Waals surface area contributed by atoms with Crippen molar-refractivity contribution in [3.63, 3.8) is 0 Å². The molecule has 1 heterocycles. The first-order valence-electron chi connectivity index (χ1n) is 11.1. The number of urea groups is 1. The number of esters is 1. The highest BCUT2D eigenvalue weighted by molar-refractivity contribution is 6.22. The number of amides is 5. The van der Waals surface area contributed by atoms with Gasteiger partial charge in [-0.3, -0.25) is 24.6 Å². The Bertz CT molecular complexity index is 940. The Labute approximate surface area is 192 Å². The molecule has 1 aliphatic carbocycles. The molecular formula is C23H29N3O7. The predicted octanol–water partition coefficient (Wildman–Crippen LogP) is 2.02. The highest BCUT2D eigenvalue weighted by Gasteiger charge is 2.36. The molecule has 2 aliphatic rings. The van der Waals surface area contributed by atoms with Crippen LogP contribution >= 0.6 is 0 Å². The van der Waals surface area contributed by atoms with Gasteiger partial charge >= 0.3 is 12.0 Å². The molecule has 33 heavy (non-hydrogen) atoms. The van der Waals surface area contributed by atoms with Crippen molar-refractivity contribution in [2.45, 2.75) is 57.6 Å². The SMILES string of the molecule is COCCCN1C(=O)c2ccc(C(=O)OC(C)C(=O)NC(=O)NC3CCCCC3)cc2C1=O. The second kappa shape index (κ2) is 11.0. The summed E-state index contributed by atoms with van der Waals surface area (Å²) in [5.41, 5.74) is 0.343. The number of hydrogen-bond donors (Lipinski definition) is 2. The maximum absolute atomic E-state index is 12.6. The Kier molecular flexibility index (Phi) is 8.16. The number of fused-ring (bicyclic) bond motifs is 1. The Hall–Kier alpha value is -3.27. The van der Waals surface area contributed by atoms with E-state index in [0.717, 1.165) is 37.0 Å². The summed E-state index contributed by atoms with van der Waals surface area (Å²) in [6.07, 6.45) is 4.22. The van der Waals surface area contributed by atoms with Crippen LogP contribution in [0.1, 0.15) is 76.5 Å². The quantitative estimate of drug-likeness (QED) is 0.345. The highest BCUT2D eigenvalue weighted by atomic mass is 16.5. The van der Waals surface area contributed by atoms with Crippen LogP contribution in [0.5, 0.6) is 0 Å². The van der Waals surface area contributed by atoms with E-state index in [1.165, 1.54) is 32.2 Å². The van der Waals surface area contributed by atoms with Crippen molar-refractivity contribution < 1.29 is 33.4 Å². The summed E-state index contributed by atoms with van der Waals surface area (Å²) < 4.78 is 10.1. The Morgan fingerprint density at radius 1 is 1.09 bits per heavy atom. The molecule has 2 N–H and O–H groups in total. The number of benzene rings is 1. The zero-order valence-electron chi connectivity index (χ0n) is 18.8. The maximum atomic E-state index is 12.6. The second-order valence-corrected chi connectivity index (χ2v) is 8.21. The second-order valence-electron chi connectivity index (χ2n) is 8.21. The number of hydrogen-bond acceptors (Lipinski definition) is 7. The van der Waals surface area contributed by atoms with Gasteiger partial charge in [-0.2, -0.15) is 0 Å². The van der Waals surface area contributed by atoms with Crippen LogP contribution < -0.4 is 10.6 Å². The lowest BCUT2D eigenvalue weighted by Crippen LogP contribution is -2.48. The van der Waals surface area contributed by atoms with Crippen molar-refractivity contribution in [2.24, 2.45) is 0 Å². The molecule has 0 radical (unpaired) electrons. The molecule has 3 rings (SSSR count). The molecule has 1 aromatic rings. The van der Waals surface area contributed by atoms with Crippen LogP contribution in [-0.2, 0) is 14.3 Å². The number of methoxy groups -OCH3 is 1. The molecule has 0 spiro atoms. The normalized spacial score (nSPS) is 16.8. The highest BCUT2D eigenvalue weighted by Crippen LogP contribution is 2.25. The standard InChI is InChI=1S/C23H29N3O7/c1-14(19(27)25-23(31)24-16-7-4-3-5-8-16)33-22(30)15-9-10-17-18(13-15)21(29)26(20(17)28)11-6-12-32-2/h9-10,13-14,16H,3-8,11-12H2,1-2H3,(H2,24,25,27,31). The number of carbonyl (C=O) groups is 5. The Morgan fingerprint density at radius 2 is 1.79 bits per heavy atom. The fourth-order valence-corrected chi connectivity index (χ4v) is 3.95. The topological polar surface area (TPSA) is 131 Å². The maximum Gasteiger partial charge on any atom is 0.338 e. The van der Waals surface area contributed by atoms with Gasteiger partial charge in [0.05, 0.1) is 16.7 Å². The minimum Gasteiger partial charge on any atom is -0.449 e. The summed E-state index contributed by atoms with van der Waals surface area (Å²) in [5, 5.41) is 4.94. The summed E-state index contributed by atoms with van der Waals surface area (Å²) in [4.78, 5) is 63.0. The fourth-order valence-electron chi connectivity index (χ4n) is 3.95. The van der Waals surface area contributed by atoms with Gasteiger partial charge < -0.3 is 14.8 Å². The molecule has 1 unspecified atom stereocenters. The van der Waals surface area contributed by atoms with E-state index < -0.39 is 35.8 Å².